The number of aliphatic hydroxyl groups is 2. The number of carbonyl (C=O) groups is 5. The van der Waals surface area contributed by atoms with Gasteiger partial charge >= 0.3 is 11.9 Å². The molecule has 0 saturated heterocycles. The molecular weight excluding hydrogens is 452 g/mol. The minimum Gasteiger partial charge on any atom is -0.481 e. The van der Waals surface area contributed by atoms with Gasteiger partial charge in [-0.05, 0) is 18.9 Å². The lowest BCUT2D eigenvalue weighted by atomic mass is 10.0. The van der Waals surface area contributed by atoms with Gasteiger partial charge in [-0.1, -0.05) is 30.3 Å². The van der Waals surface area contributed by atoms with Crippen LogP contribution in [0.4, 0.5) is 0 Å². The van der Waals surface area contributed by atoms with Gasteiger partial charge in [0.1, 0.15) is 18.1 Å². The first-order valence-corrected chi connectivity index (χ1v) is 10.4. The van der Waals surface area contributed by atoms with Gasteiger partial charge in [-0.2, -0.15) is 0 Å². The number of carbonyl (C=O) groups excluding carboxylic acids is 3. The first kappa shape index (κ1) is 28.5. The lowest BCUT2D eigenvalue weighted by Gasteiger charge is -2.26. The van der Waals surface area contributed by atoms with Crippen molar-refractivity contribution in [2.75, 3.05) is 6.61 Å². The predicted molar refractivity (Wildman–Crippen MR) is 117 cm³/mol. The molecule has 3 amide bonds. The Balaban J connectivity index is 3.01. The largest absolute Gasteiger partial charge is 0.481 e. The number of carboxylic acid groups (broad SMARTS) is 2. The smallest absolute Gasteiger partial charge is 0.328 e. The van der Waals surface area contributed by atoms with Crippen molar-refractivity contribution in [3.05, 3.63) is 35.9 Å². The Bertz CT molecular complexity index is 863. The monoisotopic (exact) mass is 482 g/mol. The minimum absolute atomic E-state index is 0.0607. The number of benzene rings is 1. The molecule has 0 heterocycles. The zero-order valence-electron chi connectivity index (χ0n) is 18.5. The molecule has 0 aliphatic rings. The zero-order chi connectivity index (χ0) is 25.8. The summed E-state index contributed by atoms with van der Waals surface area (Å²) in [5.41, 5.74) is 6.25. The molecule has 0 saturated carbocycles. The molecular formula is C21H30N4O9. The SMILES string of the molecule is CC(O)C(NC(=O)C(N)CCC(=O)O)C(=O)NC(Cc1ccccc1)C(=O)NC(CO)C(=O)O. The fourth-order valence-electron chi connectivity index (χ4n) is 2.85. The molecule has 13 nitrogen and oxygen atoms in total. The molecule has 0 aliphatic carbocycles. The van der Waals surface area contributed by atoms with Crippen LogP contribution in [-0.2, 0) is 30.4 Å². The van der Waals surface area contributed by atoms with Crippen LogP contribution in [-0.4, -0.2) is 87.0 Å². The predicted octanol–water partition coefficient (Wildman–Crippen LogP) is -2.67. The average molecular weight is 482 g/mol. The van der Waals surface area contributed by atoms with Crippen LogP contribution in [0.5, 0.6) is 0 Å². The zero-order valence-corrected chi connectivity index (χ0v) is 18.5. The number of hydrogen-bond acceptors (Lipinski definition) is 8. The van der Waals surface area contributed by atoms with Crippen LogP contribution in [0.1, 0.15) is 25.3 Å². The lowest BCUT2D eigenvalue weighted by Crippen LogP contribution is -2.60. The van der Waals surface area contributed by atoms with E-state index in [0.29, 0.717) is 5.56 Å². The molecule has 0 fully saturated rings. The van der Waals surface area contributed by atoms with E-state index in [4.69, 9.17) is 15.9 Å². The third kappa shape index (κ3) is 9.52. The number of carboxylic acids is 2. The summed E-state index contributed by atoms with van der Waals surface area (Å²) in [6.07, 6.45) is -2.06. The van der Waals surface area contributed by atoms with Gasteiger partial charge in [0.05, 0.1) is 18.8 Å². The normalized spacial score (nSPS) is 15.2. The van der Waals surface area contributed by atoms with Gasteiger partial charge in [0.25, 0.3) is 0 Å². The van der Waals surface area contributed by atoms with E-state index in [9.17, 15) is 34.2 Å². The third-order valence-corrected chi connectivity index (χ3v) is 4.78. The summed E-state index contributed by atoms with van der Waals surface area (Å²) in [7, 11) is 0. The summed E-state index contributed by atoms with van der Waals surface area (Å²) in [4.78, 5) is 59.6. The van der Waals surface area contributed by atoms with Crippen molar-refractivity contribution < 1.29 is 44.4 Å². The highest BCUT2D eigenvalue weighted by molar-refractivity contribution is 5.94. The molecule has 0 aromatic heterocycles. The molecule has 34 heavy (non-hydrogen) atoms. The van der Waals surface area contributed by atoms with Gasteiger partial charge in [0, 0.05) is 12.8 Å². The Morgan fingerprint density at radius 3 is 2.00 bits per heavy atom. The van der Waals surface area contributed by atoms with Crippen LogP contribution in [0.3, 0.4) is 0 Å². The fraction of sp³-hybridized carbons (Fsp3) is 0.476. The van der Waals surface area contributed by atoms with E-state index < -0.39 is 66.5 Å². The molecule has 188 valence electrons. The molecule has 5 atom stereocenters. The quantitative estimate of drug-likeness (QED) is 0.137. The van der Waals surface area contributed by atoms with Crippen molar-refractivity contribution in [3.8, 4) is 0 Å². The van der Waals surface area contributed by atoms with E-state index in [2.05, 4.69) is 16.0 Å². The summed E-state index contributed by atoms with van der Waals surface area (Å²) in [5, 5.41) is 43.7. The lowest BCUT2D eigenvalue weighted by molar-refractivity contribution is -0.143. The van der Waals surface area contributed by atoms with Gasteiger partial charge < -0.3 is 42.1 Å². The van der Waals surface area contributed by atoms with Crippen molar-refractivity contribution >= 4 is 29.7 Å². The molecule has 1 aromatic carbocycles. The summed E-state index contributed by atoms with van der Waals surface area (Å²) in [6.45, 7) is 0.333. The van der Waals surface area contributed by atoms with E-state index in [1.807, 2.05) is 0 Å². The van der Waals surface area contributed by atoms with Crippen LogP contribution < -0.4 is 21.7 Å². The second kappa shape index (κ2) is 13.9. The van der Waals surface area contributed by atoms with Crippen LogP contribution in [0.2, 0.25) is 0 Å². The van der Waals surface area contributed by atoms with Crippen molar-refractivity contribution in [2.24, 2.45) is 5.73 Å². The second-order valence-corrected chi connectivity index (χ2v) is 7.60. The van der Waals surface area contributed by atoms with Crippen molar-refractivity contribution in [1.29, 1.82) is 0 Å². The van der Waals surface area contributed by atoms with E-state index in [1.54, 1.807) is 30.3 Å². The van der Waals surface area contributed by atoms with E-state index in [1.165, 1.54) is 6.92 Å². The third-order valence-electron chi connectivity index (χ3n) is 4.78. The maximum Gasteiger partial charge on any atom is 0.328 e. The number of aliphatic hydroxyl groups excluding tert-OH is 2. The second-order valence-electron chi connectivity index (χ2n) is 7.60. The molecule has 9 N–H and O–H groups in total. The Morgan fingerprint density at radius 1 is 0.912 bits per heavy atom. The Kier molecular flexibility index (Phi) is 11.6. The first-order chi connectivity index (χ1) is 16.0. The van der Waals surface area contributed by atoms with E-state index in [-0.39, 0.29) is 19.3 Å². The Labute approximate surface area is 195 Å². The standard InChI is InChI=1S/C21H30N4O9/c1-11(27)17(25-18(30)13(22)7-8-16(28)29)20(32)23-14(9-12-5-3-2-4-6-12)19(31)24-15(10-26)21(33)34/h2-6,11,13-15,17,26-27H,7-10,22H2,1H3,(H,23,32)(H,24,31)(H,25,30)(H,28,29)(H,33,34). The maximum absolute atomic E-state index is 12.8. The summed E-state index contributed by atoms with van der Waals surface area (Å²) in [6, 6.07) is 2.73. The minimum atomic E-state index is -1.61. The maximum atomic E-state index is 12.8. The van der Waals surface area contributed by atoms with Gasteiger partial charge in [0.2, 0.25) is 17.7 Å². The van der Waals surface area contributed by atoms with Crippen LogP contribution in [0, 0.1) is 0 Å². The number of rotatable bonds is 14. The Morgan fingerprint density at radius 2 is 1.50 bits per heavy atom. The fourth-order valence-corrected chi connectivity index (χ4v) is 2.85. The van der Waals surface area contributed by atoms with Gasteiger partial charge in [-0.3, -0.25) is 19.2 Å². The molecule has 0 bridgehead atoms. The number of amides is 3. The van der Waals surface area contributed by atoms with Crippen molar-refractivity contribution in [3.63, 3.8) is 0 Å². The van der Waals surface area contributed by atoms with Gasteiger partial charge in [0.15, 0.2) is 0 Å². The topological polar surface area (TPSA) is 228 Å². The van der Waals surface area contributed by atoms with E-state index >= 15 is 0 Å². The Hall–Kier alpha value is -3.55. The number of hydrogen-bond donors (Lipinski definition) is 8. The van der Waals surface area contributed by atoms with Gasteiger partial charge in [-0.25, -0.2) is 4.79 Å². The van der Waals surface area contributed by atoms with E-state index in [0.717, 1.165) is 0 Å². The van der Waals surface area contributed by atoms with Crippen molar-refractivity contribution in [1.82, 2.24) is 16.0 Å². The van der Waals surface area contributed by atoms with Crippen LogP contribution in [0.25, 0.3) is 0 Å². The van der Waals surface area contributed by atoms with Crippen LogP contribution >= 0.6 is 0 Å². The summed E-state index contributed by atoms with van der Waals surface area (Å²) >= 11 is 0. The number of nitrogens with one attached hydrogen (secondary N) is 3. The average Bonchev–Trinajstić information content (AvgIpc) is 2.78. The molecule has 13 heteroatoms. The highest BCUT2D eigenvalue weighted by atomic mass is 16.4. The molecule has 1 aromatic rings. The molecule has 1 rings (SSSR count). The number of aliphatic carboxylic acids is 2. The molecule has 5 unspecified atom stereocenters. The van der Waals surface area contributed by atoms with Gasteiger partial charge in [-0.15, -0.1) is 0 Å². The molecule has 0 radical (unpaired) electrons. The summed E-state index contributed by atoms with van der Waals surface area (Å²) < 4.78 is 0. The molecule has 0 spiro atoms. The highest BCUT2D eigenvalue weighted by Crippen LogP contribution is 2.06. The van der Waals surface area contributed by atoms with Crippen molar-refractivity contribution in [2.45, 2.75) is 56.5 Å². The highest BCUT2D eigenvalue weighted by Gasteiger charge is 2.32. The first-order valence-electron chi connectivity index (χ1n) is 10.4. The summed E-state index contributed by atoms with van der Waals surface area (Å²) in [5.74, 6) is -5.39. The molecule has 0 aliphatic heterocycles. The number of nitrogens with two attached hydrogens (primary N) is 1. The van der Waals surface area contributed by atoms with Crippen LogP contribution in [0.15, 0.2) is 30.3 Å².